The van der Waals surface area contributed by atoms with E-state index in [9.17, 15) is 0 Å². The van der Waals surface area contributed by atoms with E-state index >= 15 is 0 Å². The third-order valence-corrected chi connectivity index (χ3v) is 3.13. The summed E-state index contributed by atoms with van der Waals surface area (Å²) in [4.78, 5) is 0. The SMILES string of the molecule is Cc1cccc(Cl)c1NCc1cccc(Cl)c1. The van der Waals surface area contributed by atoms with Crippen LogP contribution in [0.4, 0.5) is 5.69 Å². The Hall–Kier alpha value is -1.18. The van der Waals surface area contributed by atoms with E-state index in [0.29, 0.717) is 6.54 Å². The van der Waals surface area contributed by atoms with Gasteiger partial charge in [-0.3, -0.25) is 0 Å². The van der Waals surface area contributed by atoms with E-state index in [0.717, 1.165) is 26.9 Å². The molecule has 88 valence electrons. The fourth-order valence-corrected chi connectivity index (χ4v) is 2.19. The van der Waals surface area contributed by atoms with Gasteiger partial charge in [0, 0.05) is 11.6 Å². The molecule has 0 radical (unpaired) electrons. The molecule has 0 amide bonds. The maximum atomic E-state index is 6.14. The second kappa shape index (κ2) is 5.44. The average Bonchev–Trinajstić information content (AvgIpc) is 2.28. The predicted octanol–water partition coefficient (Wildman–Crippen LogP) is 4.91. The minimum absolute atomic E-state index is 0.713. The van der Waals surface area contributed by atoms with E-state index in [4.69, 9.17) is 23.2 Å². The smallest absolute Gasteiger partial charge is 0.0640 e. The first-order valence-corrected chi connectivity index (χ1v) is 6.16. The molecule has 0 aliphatic heterocycles. The van der Waals surface area contributed by atoms with Crippen LogP contribution in [0.1, 0.15) is 11.1 Å². The van der Waals surface area contributed by atoms with Crippen LogP contribution in [0.3, 0.4) is 0 Å². The minimum Gasteiger partial charge on any atom is -0.380 e. The van der Waals surface area contributed by atoms with Crippen LogP contribution in [-0.4, -0.2) is 0 Å². The van der Waals surface area contributed by atoms with Crippen LogP contribution in [0, 0.1) is 6.92 Å². The molecule has 0 unspecified atom stereocenters. The summed E-state index contributed by atoms with van der Waals surface area (Å²) >= 11 is 12.1. The van der Waals surface area contributed by atoms with Crippen molar-refractivity contribution in [3.63, 3.8) is 0 Å². The van der Waals surface area contributed by atoms with Gasteiger partial charge in [-0.2, -0.15) is 0 Å². The van der Waals surface area contributed by atoms with Gasteiger partial charge in [-0.1, -0.05) is 47.5 Å². The van der Waals surface area contributed by atoms with Gasteiger partial charge >= 0.3 is 0 Å². The van der Waals surface area contributed by atoms with Crippen molar-refractivity contribution in [1.82, 2.24) is 0 Å². The maximum absolute atomic E-state index is 6.14. The first-order chi connectivity index (χ1) is 8.16. The summed E-state index contributed by atoms with van der Waals surface area (Å²) in [5.74, 6) is 0. The van der Waals surface area contributed by atoms with Crippen LogP contribution in [0.25, 0.3) is 0 Å². The van der Waals surface area contributed by atoms with Gasteiger partial charge < -0.3 is 5.32 Å². The number of benzene rings is 2. The molecular weight excluding hydrogens is 253 g/mol. The van der Waals surface area contributed by atoms with Crippen LogP contribution in [0.15, 0.2) is 42.5 Å². The molecule has 0 aliphatic carbocycles. The van der Waals surface area contributed by atoms with Crippen LogP contribution in [0.5, 0.6) is 0 Å². The van der Waals surface area contributed by atoms with Crippen molar-refractivity contribution in [2.24, 2.45) is 0 Å². The molecule has 0 aliphatic rings. The summed E-state index contributed by atoms with van der Waals surface area (Å²) in [5.41, 5.74) is 3.26. The van der Waals surface area contributed by atoms with Crippen LogP contribution >= 0.6 is 23.2 Å². The van der Waals surface area contributed by atoms with Crippen molar-refractivity contribution in [3.05, 3.63) is 63.6 Å². The zero-order chi connectivity index (χ0) is 12.3. The molecule has 0 bridgehead atoms. The lowest BCUT2D eigenvalue weighted by atomic mass is 10.2. The summed E-state index contributed by atoms with van der Waals surface area (Å²) < 4.78 is 0. The molecule has 2 aromatic carbocycles. The summed E-state index contributed by atoms with van der Waals surface area (Å²) in [6.45, 7) is 2.75. The lowest BCUT2D eigenvalue weighted by Crippen LogP contribution is -2.01. The van der Waals surface area contributed by atoms with Crippen molar-refractivity contribution in [1.29, 1.82) is 0 Å². The molecule has 0 atom stereocenters. The van der Waals surface area contributed by atoms with Crippen molar-refractivity contribution in [2.45, 2.75) is 13.5 Å². The van der Waals surface area contributed by atoms with E-state index in [1.54, 1.807) is 0 Å². The van der Waals surface area contributed by atoms with Gasteiger partial charge in [-0.05, 0) is 36.2 Å². The standard InChI is InChI=1S/C14H13Cl2N/c1-10-4-2-7-13(16)14(10)17-9-11-5-3-6-12(15)8-11/h2-8,17H,9H2,1H3. The average molecular weight is 266 g/mol. The Morgan fingerprint density at radius 2 is 1.82 bits per heavy atom. The third kappa shape index (κ3) is 3.15. The lowest BCUT2D eigenvalue weighted by Gasteiger charge is -2.11. The third-order valence-electron chi connectivity index (χ3n) is 2.58. The number of rotatable bonds is 3. The normalized spacial score (nSPS) is 10.3. The number of halogens is 2. The Bertz CT molecular complexity index is 503. The van der Waals surface area contributed by atoms with E-state index < -0.39 is 0 Å². The first-order valence-electron chi connectivity index (χ1n) is 5.40. The molecule has 0 aromatic heterocycles. The molecule has 0 saturated heterocycles. The zero-order valence-corrected chi connectivity index (χ0v) is 11.0. The second-order valence-electron chi connectivity index (χ2n) is 3.92. The first kappa shape index (κ1) is 12.3. The van der Waals surface area contributed by atoms with Gasteiger partial charge in [0.25, 0.3) is 0 Å². The molecule has 17 heavy (non-hydrogen) atoms. The molecule has 3 heteroatoms. The predicted molar refractivity (Wildman–Crippen MR) is 75.0 cm³/mol. The van der Waals surface area contributed by atoms with Crippen molar-refractivity contribution in [3.8, 4) is 0 Å². The number of anilines is 1. The monoisotopic (exact) mass is 265 g/mol. The number of hydrogen-bond donors (Lipinski definition) is 1. The number of aryl methyl sites for hydroxylation is 1. The summed E-state index contributed by atoms with van der Waals surface area (Å²) in [6, 6.07) is 13.7. The highest BCUT2D eigenvalue weighted by Crippen LogP contribution is 2.25. The van der Waals surface area contributed by atoms with Gasteiger partial charge in [0.15, 0.2) is 0 Å². The molecular formula is C14H13Cl2N. The Balaban J connectivity index is 2.13. The van der Waals surface area contributed by atoms with Crippen molar-refractivity contribution in [2.75, 3.05) is 5.32 Å². The number of para-hydroxylation sites is 1. The second-order valence-corrected chi connectivity index (χ2v) is 4.76. The number of hydrogen-bond acceptors (Lipinski definition) is 1. The fraction of sp³-hybridized carbons (Fsp3) is 0.143. The molecule has 2 rings (SSSR count). The van der Waals surface area contributed by atoms with E-state index in [1.807, 2.05) is 49.4 Å². The number of nitrogens with one attached hydrogen (secondary N) is 1. The molecule has 1 N–H and O–H groups in total. The zero-order valence-electron chi connectivity index (χ0n) is 9.50. The van der Waals surface area contributed by atoms with Gasteiger partial charge in [-0.15, -0.1) is 0 Å². The van der Waals surface area contributed by atoms with Crippen molar-refractivity contribution >= 4 is 28.9 Å². The van der Waals surface area contributed by atoms with Gasteiger partial charge in [-0.25, -0.2) is 0 Å². The highest BCUT2D eigenvalue weighted by Gasteiger charge is 2.03. The highest BCUT2D eigenvalue weighted by atomic mass is 35.5. The molecule has 0 heterocycles. The minimum atomic E-state index is 0.713. The molecule has 0 fully saturated rings. The topological polar surface area (TPSA) is 12.0 Å². The Morgan fingerprint density at radius 3 is 2.53 bits per heavy atom. The van der Waals surface area contributed by atoms with Gasteiger partial charge in [0.05, 0.1) is 10.7 Å². The maximum Gasteiger partial charge on any atom is 0.0640 e. The van der Waals surface area contributed by atoms with Gasteiger partial charge in [0.1, 0.15) is 0 Å². The summed E-state index contributed by atoms with van der Waals surface area (Å²) in [5, 5.41) is 4.83. The van der Waals surface area contributed by atoms with E-state index in [-0.39, 0.29) is 0 Å². The van der Waals surface area contributed by atoms with E-state index in [2.05, 4.69) is 5.32 Å². The summed E-state index contributed by atoms with van der Waals surface area (Å²) in [6.07, 6.45) is 0. The van der Waals surface area contributed by atoms with Crippen LogP contribution in [0.2, 0.25) is 10.0 Å². The van der Waals surface area contributed by atoms with Crippen molar-refractivity contribution < 1.29 is 0 Å². The Kier molecular flexibility index (Phi) is 3.93. The summed E-state index contributed by atoms with van der Waals surface area (Å²) in [7, 11) is 0. The highest BCUT2D eigenvalue weighted by molar-refractivity contribution is 6.33. The molecule has 1 nitrogen and oxygen atoms in total. The van der Waals surface area contributed by atoms with Crippen LogP contribution in [-0.2, 0) is 6.54 Å². The van der Waals surface area contributed by atoms with Crippen LogP contribution < -0.4 is 5.32 Å². The molecule has 2 aromatic rings. The Morgan fingerprint density at radius 1 is 1.06 bits per heavy atom. The largest absolute Gasteiger partial charge is 0.380 e. The lowest BCUT2D eigenvalue weighted by molar-refractivity contribution is 1.14. The van der Waals surface area contributed by atoms with E-state index in [1.165, 1.54) is 0 Å². The van der Waals surface area contributed by atoms with Gasteiger partial charge in [0.2, 0.25) is 0 Å². The molecule has 0 spiro atoms. The fourth-order valence-electron chi connectivity index (χ4n) is 1.69. The molecule has 0 saturated carbocycles. The quantitative estimate of drug-likeness (QED) is 0.831. The Labute approximate surface area is 111 Å².